The van der Waals surface area contributed by atoms with Crippen LogP contribution in [0.25, 0.3) is 11.3 Å². The summed E-state index contributed by atoms with van der Waals surface area (Å²) in [5.74, 6) is 0.667. The molecular formula is C34H43N5O5S. The molecule has 2 saturated carbocycles. The van der Waals surface area contributed by atoms with Crippen molar-refractivity contribution < 1.29 is 22.7 Å². The minimum atomic E-state index is -4.05. The maximum absolute atomic E-state index is 14.6. The van der Waals surface area contributed by atoms with E-state index in [1.807, 2.05) is 23.2 Å². The maximum atomic E-state index is 14.6. The molecule has 10 nitrogen and oxygen atoms in total. The lowest BCUT2D eigenvalue weighted by Gasteiger charge is -2.37. The molecule has 240 valence electrons. The molecule has 2 unspecified atom stereocenters. The number of nitrogens with one attached hydrogen (secondary N) is 1. The molecule has 2 aromatic rings. The fraction of sp³-hybridized carbons (Fsp3) is 0.529. The molecule has 1 spiro atoms. The molecule has 8 rings (SSSR count). The summed E-state index contributed by atoms with van der Waals surface area (Å²) < 4.78 is 37.7. The monoisotopic (exact) mass is 633 g/mol. The molecule has 1 N–H and O–H groups in total. The van der Waals surface area contributed by atoms with Gasteiger partial charge in [-0.25, -0.2) is 4.72 Å². The molecule has 6 aliphatic rings. The van der Waals surface area contributed by atoms with Gasteiger partial charge in [-0.3, -0.25) is 14.5 Å². The van der Waals surface area contributed by atoms with Gasteiger partial charge in [0.25, 0.3) is 5.91 Å². The van der Waals surface area contributed by atoms with Crippen LogP contribution >= 0.6 is 0 Å². The normalized spacial score (nSPS) is 26.8. The van der Waals surface area contributed by atoms with Crippen LogP contribution in [0.3, 0.4) is 0 Å². The number of ether oxygens (including phenoxy) is 1. The number of hydrogen-bond donors (Lipinski definition) is 1. The van der Waals surface area contributed by atoms with Gasteiger partial charge in [-0.15, -0.1) is 0 Å². The number of nitrogens with zero attached hydrogens (tertiary/aromatic N) is 4. The van der Waals surface area contributed by atoms with Crippen LogP contribution in [0, 0.1) is 5.41 Å². The molecule has 0 radical (unpaired) electrons. The molecule has 5 bridgehead atoms. The van der Waals surface area contributed by atoms with E-state index in [4.69, 9.17) is 4.74 Å². The van der Waals surface area contributed by atoms with E-state index >= 15 is 0 Å². The summed E-state index contributed by atoms with van der Waals surface area (Å²) in [4.78, 5) is 32.3. The summed E-state index contributed by atoms with van der Waals surface area (Å²) in [6.07, 6.45) is 8.34. The van der Waals surface area contributed by atoms with Gasteiger partial charge in [-0.2, -0.15) is 12.7 Å². The van der Waals surface area contributed by atoms with E-state index in [0.29, 0.717) is 45.2 Å². The Kier molecular flexibility index (Phi) is 7.90. The Bertz CT molecular complexity index is 1670. The lowest BCUT2D eigenvalue weighted by atomic mass is 9.82. The van der Waals surface area contributed by atoms with E-state index in [1.54, 1.807) is 19.2 Å². The van der Waals surface area contributed by atoms with Gasteiger partial charge in [0.05, 0.1) is 18.2 Å². The second-order valence-electron chi connectivity index (χ2n) is 13.3. The highest BCUT2D eigenvalue weighted by molar-refractivity contribution is 7.87. The number of carbonyl (C=O) groups excluding carboxylic acids is 2. The first-order chi connectivity index (χ1) is 21.7. The van der Waals surface area contributed by atoms with E-state index in [0.717, 1.165) is 54.7 Å². The van der Waals surface area contributed by atoms with Crippen LogP contribution in [-0.2, 0) is 21.5 Å². The van der Waals surface area contributed by atoms with Crippen molar-refractivity contribution in [3.8, 4) is 17.0 Å². The highest BCUT2D eigenvalue weighted by Gasteiger charge is 2.63. The van der Waals surface area contributed by atoms with E-state index in [9.17, 15) is 18.0 Å². The number of fused-ring (bicyclic) bond motifs is 10. The number of hydrogen-bond acceptors (Lipinski definition) is 6. The minimum Gasteiger partial charge on any atom is -0.497 e. The second-order valence-corrected chi connectivity index (χ2v) is 15.1. The number of rotatable bonds is 2. The van der Waals surface area contributed by atoms with E-state index in [-0.39, 0.29) is 23.9 Å². The average molecular weight is 634 g/mol. The summed E-state index contributed by atoms with van der Waals surface area (Å²) in [7, 11) is -0.884. The van der Waals surface area contributed by atoms with Gasteiger partial charge in [-0.05, 0) is 66.6 Å². The lowest BCUT2D eigenvalue weighted by Crippen LogP contribution is -2.53. The van der Waals surface area contributed by atoms with Crippen molar-refractivity contribution in [3.63, 3.8) is 0 Å². The number of amides is 2. The molecule has 5 heterocycles. The molecular weight excluding hydrogens is 590 g/mol. The van der Waals surface area contributed by atoms with E-state index in [2.05, 4.69) is 32.4 Å². The van der Waals surface area contributed by atoms with Crippen molar-refractivity contribution in [2.24, 2.45) is 5.41 Å². The quantitative estimate of drug-likeness (QED) is 0.539. The third-order valence-corrected chi connectivity index (χ3v) is 12.2. The van der Waals surface area contributed by atoms with Crippen LogP contribution in [-0.4, -0.2) is 92.3 Å². The van der Waals surface area contributed by atoms with Crippen LogP contribution in [0.2, 0.25) is 0 Å². The van der Waals surface area contributed by atoms with Gasteiger partial charge in [0.2, 0.25) is 5.91 Å². The first kappa shape index (κ1) is 30.3. The number of carbonyl (C=O) groups is 2. The first-order valence-electron chi connectivity index (χ1n) is 16.3. The average Bonchev–Trinajstić information content (AvgIpc) is 3.77. The zero-order chi connectivity index (χ0) is 31.3. The van der Waals surface area contributed by atoms with Gasteiger partial charge in [0.1, 0.15) is 5.75 Å². The lowest BCUT2D eigenvalue weighted by molar-refractivity contribution is -0.139. The van der Waals surface area contributed by atoms with Crippen molar-refractivity contribution in [2.75, 3.05) is 53.4 Å². The van der Waals surface area contributed by atoms with Gasteiger partial charge < -0.3 is 14.2 Å². The Morgan fingerprint density at radius 3 is 2.42 bits per heavy atom. The maximum Gasteiger partial charge on any atom is 0.303 e. The summed E-state index contributed by atoms with van der Waals surface area (Å²) in [5.41, 5.74) is 4.13. The third-order valence-electron chi connectivity index (χ3n) is 10.7. The van der Waals surface area contributed by atoms with Crippen molar-refractivity contribution in [3.05, 3.63) is 65.4 Å². The van der Waals surface area contributed by atoms with Gasteiger partial charge in [0, 0.05) is 76.1 Å². The fourth-order valence-corrected chi connectivity index (χ4v) is 8.78. The molecule has 45 heavy (non-hydrogen) atoms. The second kappa shape index (κ2) is 11.7. The molecule has 2 aliphatic carbocycles. The SMILES string of the molecule is COc1ccc2c(c1)C1CC13Cn1ccc(cccc(C4CCCCC4)c1-2)C(=O)NS(=O)(=O)N(C)CCN1CCN(CC1)C3=O. The predicted octanol–water partition coefficient (Wildman–Crippen LogP) is 3.89. The molecule has 2 atom stereocenters. The smallest absolute Gasteiger partial charge is 0.303 e. The predicted molar refractivity (Wildman–Crippen MR) is 172 cm³/mol. The minimum absolute atomic E-state index is 0.0558. The van der Waals surface area contributed by atoms with E-state index in [1.165, 1.54) is 23.3 Å². The van der Waals surface area contributed by atoms with E-state index < -0.39 is 21.5 Å². The van der Waals surface area contributed by atoms with Crippen LogP contribution in [0.5, 0.6) is 5.75 Å². The number of benzene rings is 1. The summed E-state index contributed by atoms with van der Waals surface area (Å²) >= 11 is 0. The van der Waals surface area contributed by atoms with Crippen LogP contribution in [0.4, 0.5) is 0 Å². The zero-order valence-electron chi connectivity index (χ0n) is 26.2. The van der Waals surface area contributed by atoms with Crippen molar-refractivity contribution in [1.82, 2.24) is 23.4 Å². The molecule has 4 aliphatic heterocycles. The number of aromatic nitrogens is 1. The number of likely N-dealkylation sites (N-methyl/N-ethyl adjacent to an activating group) is 1. The van der Waals surface area contributed by atoms with Crippen molar-refractivity contribution in [1.29, 1.82) is 0 Å². The van der Waals surface area contributed by atoms with Crippen LogP contribution in [0.1, 0.15) is 71.8 Å². The zero-order valence-corrected chi connectivity index (χ0v) is 27.0. The highest BCUT2D eigenvalue weighted by atomic mass is 32.2. The van der Waals surface area contributed by atoms with Gasteiger partial charge in [-0.1, -0.05) is 31.4 Å². The summed E-state index contributed by atoms with van der Waals surface area (Å²) in [6.45, 7) is 3.80. The molecule has 1 aromatic heterocycles. The molecule has 1 aromatic carbocycles. The fourth-order valence-electron chi connectivity index (χ4n) is 7.95. The topological polar surface area (TPSA) is 104 Å². The Labute approximate surface area is 265 Å². The largest absolute Gasteiger partial charge is 0.497 e. The number of piperazine rings is 1. The first-order valence-corrected chi connectivity index (χ1v) is 17.7. The number of methoxy groups -OCH3 is 1. The standard InChI is InChI=1S/C34H43N5O5S/c1-36-15-16-37-17-19-38(20-18-37)33(41)34-22-30(34)29-21-26(44-2)11-12-28(29)31-27(24-7-4-3-5-8-24)10-6-9-25(13-14-39(31)23-34)32(40)35-45(36,42)43/h6,9-14,21,24,30H,3-5,7-8,15-20,22-23H2,1-2H3,(H,35,40). The van der Waals surface area contributed by atoms with Gasteiger partial charge >= 0.3 is 10.2 Å². The van der Waals surface area contributed by atoms with Crippen molar-refractivity contribution >= 4 is 22.0 Å². The molecule has 11 heteroatoms. The van der Waals surface area contributed by atoms with Gasteiger partial charge in [0.15, 0.2) is 0 Å². The molecule has 3 fully saturated rings. The Morgan fingerprint density at radius 2 is 1.67 bits per heavy atom. The summed E-state index contributed by atoms with van der Waals surface area (Å²) in [5, 5.41) is 0. The third kappa shape index (κ3) is 5.53. The van der Waals surface area contributed by atoms with Crippen LogP contribution < -0.4 is 9.46 Å². The Balaban J connectivity index is 1.47. The Hall–Kier alpha value is -3.41. The van der Waals surface area contributed by atoms with Crippen LogP contribution in [0.15, 0.2) is 48.7 Å². The highest BCUT2D eigenvalue weighted by Crippen LogP contribution is 2.65. The van der Waals surface area contributed by atoms with Crippen molar-refractivity contribution in [2.45, 2.75) is 56.9 Å². The Morgan fingerprint density at radius 1 is 0.911 bits per heavy atom. The molecule has 1 saturated heterocycles. The summed E-state index contributed by atoms with van der Waals surface area (Å²) in [6, 6.07) is 13.6. The molecule has 2 amide bonds.